The Balaban J connectivity index is 2.31. The molecule has 0 amide bonds. The molecule has 1 N–H and O–H groups in total. The predicted octanol–water partition coefficient (Wildman–Crippen LogP) is 3.68. The molecule has 1 aliphatic rings. The highest BCUT2D eigenvalue weighted by molar-refractivity contribution is 5.93. The Bertz CT molecular complexity index is 593. The Morgan fingerprint density at radius 1 is 1.17 bits per heavy atom. The van der Waals surface area contributed by atoms with Crippen LogP contribution < -0.4 is 5.32 Å². The lowest BCUT2D eigenvalue weighted by Gasteiger charge is -2.15. The van der Waals surface area contributed by atoms with E-state index in [1.165, 1.54) is 36.6 Å². The third kappa shape index (κ3) is 1.84. The minimum absolute atomic E-state index is 0.200. The molecule has 1 heterocycles. The van der Waals surface area contributed by atoms with Gasteiger partial charge in [-0.15, -0.1) is 0 Å². The normalized spacial score (nSPS) is 15.2. The molecule has 0 saturated heterocycles. The van der Waals surface area contributed by atoms with E-state index in [1.807, 2.05) is 7.05 Å². The molecule has 18 heavy (non-hydrogen) atoms. The number of nitrogens with zero attached hydrogens (tertiary/aromatic N) is 1. The van der Waals surface area contributed by atoms with Crippen molar-refractivity contribution in [3.8, 4) is 0 Å². The van der Waals surface area contributed by atoms with Crippen molar-refractivity contribution in [3.63, 3.8) is 0 Å². The molecule has 94 valence electrons. The maximum Gasteiger partial charge on any atom is 0.124 e. The molecule has 0 aliphatic heterocycles. The van der Waals surface area contributed by atoms with Gasteiger partial charge in [0.25, 0.3) is 0 Å². The van der Waals surface area contributed by atoms with E-state index in [1.54, 1.807) is 12.1 Å². The number of hydrogen-bond acceptors (Lipinski definition) is 2. The average molecular weight is 244 g/mol. The number of pyridine rings is 1. The van der Waals surface area contributed by atoms with Gasteiger partial charge in [-0.2, -0.15) is 0 Å². The number of aryl methyl sites for hydroxylation is 1. The molecule has 0 fully saturated rings. The first-order valence-electron chi connectivity index (χ1n) is 6.58. The molecular weight excluding hydrogens is 227 g/mol. The van der Waals surface area contributed by atoms with E-state index in [0.29, 0.717) is 0 Å². The second-order valence-electron chi connectivity index (χ2n) is 4.88. The second-order valence-corrected chi connectivity index (χ2v) is 4.88. The Morgan fingerprint density at radius 2 is 2.00 bits per heavy atom. The van der Waals surface area contributed by atoms with Crippen molar-refractivity contribution in [3.05, 3.63) is 35.3 Å². The lowest BCUT2D eigenvalue weighted by molar-refractivity contribution is 0.629. The third-order valence-electron chi connectivity index (χ3n) is 3.72. The maximum absolute atomic E-state index is 13.4. The van der Waals surface area contributed by atoms with Gasteiger partial charge in [-0.1, -0.05) is 6.42 Å². The van der Waals surface area contributed by atoms with Crippen LogP contribution in [0.5, 0.6) is 0 Å². The number of nitrogens with one attached hydrogen (secondary N) is 1. The first-order valence-corrected chi connectivity index (χ1v) is 6.58. The van der Waals surface area contributed by atoms with Gasteiger partial charge in [0.1, 0.15) is 5.82 Å². The molecule has 2 nitrogen and oxygen atoms in total. The summed E-state index contributed by atoms with van der Waals surface area (Å²) in [7, 11) is 1.91. The maximum atomic E-state index is 13.4. The molecule has 0 radical (unpaired) electrons. The van der Waals surface area contributed by atoms with Crippen LogP contribution in [0.15, 0.2) is 18.2 Å². The number of benzene rings is 1. The van der Waals surface area contributed by atoms with E-state index in [0.717, 1.165) is 29.4 Å². The molecule has 0 unspecified atom stereocenters. The molecule has 1 aliphatic carbocycles. The number of anilines is 1. The van der Waals surface area contributed by atoms with Crippen LogP contribution in [0.2, 0.25) is 0 Å². The van der Waals surface area contributed by atoms with E-state index >= 15 is 0 Å². The fourth-order valence-corrected chi connectivity index (χ4v) is 2.86. The van der Waals surface area contributed by atoms with Gasteiger partial charge in [0.2, 0.25) is 0 Å². The van der Waals surface area contributed by atoms with E-state index < -0.39 is 0 Å². The largest absolute Gasteiger partial charge is 0.387 e. The molecular formula is C15H17FN2. The zero-order valence-corrected chi connectivity index (χ0v) is 10.6. The second kappa shape index (κ2) is 4.56. The van der Waals surface area contributed by atoms with Crippen LogP contribution in [0.4, 0.5) is 10.1 Å². The first-order chi connectivity index (χ1) is 8.79. The van der Waals surface area contributed by atoms with Crippen LogP contribution in [0.25, 0.3) is 10.9 Å². The Morgan fingerprint density at radius 3 is 2.83 bits per heavy atom. The monoisotopic (exact) mass is 244 g/mol. The Hall–Kier alpha value is -1.64. The van der Waals surface area contributed by atoms with Crippen molar-refractivity contribution >= 4 is 16.6 Å². The lowest BCUT2D eigenvalue weighted by atomic mass is 10.0. The van der Waals surface area contributed by atoms with Gasteiger partial charge in [0.05, 0.1) is 5.52 Å². The highest BCUT2D eigenvalue weighted by atomic mass is 19.1. The quantitative estimate of drug-likeness (QED) is 0.774. The third-order valence-corrected chi connectivity index (χ3v) is 3.72. The van der Waals surface area contributed by atoms with Gasteiger partial charge in [-0.25, -0.2) is 4.39 Å². The highest BCUT2D eigenvalue weighted by Gasteiger charge is 2.16. The average Bonchev–Trinajstić information content (AvgIpc) is 2.61. The molecule has 2 aromatic rings. The van der Waals surface area contributed by atoms with Gasteiger partial charge >= 0.3 is 0 Å². The Labute approximate surface area is 106 Å². The standard InChI is InChI=1S/C15H17FN2/c1-17-15-11-5-3-2-4-6-13(11)18-14-8-7-10(16)9-12(14)15/h7-9H,2-6H2,1H3,(H,17,18). The molecule has 0 atom stereocenters. The van der Waals surface area contributed by atoms with Gasteiger partial charge in [-0.3, -0.25) is 4.98 Å². The molecule has 3 rings (SSSR count). The predicted molar refractivity (Wildman–Crippen MR) is 72.5 cm³/mol. The van der Waals surface area contributed by atoms with Crippen LogP contribution in [0.3, 0.4) is 0 Å². The molecule has 0 saturated carbocycles. The Kier molecular flexibility index (Phi) is 2.90. The molecule has 0 bridgehead atoms. The van der Waals surface area contributed by atoms with Gasteiger partial charge < -0.3 is 5.32 Å². The molecule has 1 aromatic heterocycles. The minimum Gasteiger partial charge on any atom is -0.387 e. The fourth-order valence-electron chi connectivity index (χ4n) is 2.86. The molecule has 0 spiro atoms. The number of aromatic nitrogens is 1. The van der Waals surface area contributed by atoms with E-state index in [2.05, 4.69) is 5.32 Å². The molecule has 1 aromatic carbocycles. The summed E-state index contributed by atoms with van der Waals surface area (Å²) in [6, 6.07) is 4.84. The molecule has 3 heteroatoms. The van der Waals surface area contributed by atoms with Gasteiger partial charge in [-0.05, 0) is 49.4 Å². The van der Waals surface area contributed by atoms with Crippen LogP contribution in [-0.2, 0) is 12.8 Å². The smallest absolute Gasteiger partial charge is 0.124 e. The number of hydrogen-bond donors (Lipinski definition) is 1. The minimum atomic E-state index is -0.200. The number of fused-ring (bicyclic) bond motifs is 2. The zero-order valence-electron chi connectivity index (χ0n) is 10.6. The van der Waals surface area contributed by atoms with E-state index in [4.69, 9.17) is 4.98 Å². The summed E-state index contributed by atoms with van der Waals surface area (Å²) in [4.78, 5) is 4.72. The van der Waals surface area contributed by atoms with E-state index in [9.17, 15) is 4.39 Å². The van der Waals surface area contributed by atoms with Crippen molar-refractivity contribution in [1.29, 1.82) is 0 Å². The van der Waals surface area contributed by atoms with Crippen molar-refractivity contribution < 1.29 is 4.39 Å². The summed E-state index contributed by atoms with van der Waals surface area (Å²) in [5.74, 6) is -0.200. The van der Waals surface area contributed by atoms with E-state index in [-0.39, 0.29) is 5.82 Å². The summed E-state index contributed by atoms with van der Waals surface area (Å²) in [6.45, 7) is 0. The first kappa shape index (κ1) is 11.5. The summed E-state index contributed by atoms with van der Waals surface area (Å²) in [5, 5.41) is 4.15. The van der Waals surface area contributed by atoms with Crippen LogP contribution in [0.1, 0.15) is 30.5 Å². The van der Waals surface area contributed by atoms with Crippen molar-refractivity contribution in [2.45, 2.75) is 32.1 Å². The van der Waals surface area contributed by atoms with Crippen LogP contribution in [0, 0.1) is 5.82 Å². The van der Waals surface area contributed by atoms with Crippen molar-refractivity contribution in [1.82, 2.24) is 4.98 Å². The summed E-state index contributed by atoms with van der Waals surface area (Å²) in [6.07, 6.45) is 5.74. The van der Waals surface area contributed by atoms with Gasteiger partial charge in [0.15, 0.2) is 0 Å². The summed E-state index contributed by atoms with van der Waals surface area (Å²) in [5.41, 5.74) is 4.43. The number of rotatable bonds is 1. The van der Waals surface area contributed by atoms with Gasteiger partial charge in [0, 0.05) is 23.8 Å². The van der Waals surface area contributed by atoms with Crippen molar-refractivity contribution in [2.75, 3.05) is 12.4 Å². The number of halogens is 1. The summed E-state index contributed by atoms with van der Waals surface area (Å²) < 4.78 is 13.4. The SMILES string of the molecule is CNc1c2c(nc3ccc(F)cc13)CCCCC2. The van der Waals surface area contributed by atoms with Crippen molar-refractivity contribution in [2.24, 2.45) is 0 Å². The topological polar surface area (TPSA) is 24.9 Å². The lowest BCUT2D eigenvalue weighted by Crippen LogP contribution is -2.03. The van der Waals surface area contributed by atoms with Crippen LogP contribution in [-0.4, -0.2) is 12.0 Å². The summed E-state index contributed by atoms with van der Waals surface area (Å²) >= 11 is 0. The highest BCUT2D eigenvalue weighted by Crippen LogP contribution is 2.32. The zero-order chi connectivity index (χ0) is 12.5. The fraction of sp³-hybridized carbons (Fsp3) is 0.400. The van der Waals surface area contributed by atoms with Crippen LogP contribution >= 0.6 is 0 Å².